The van der Waals surface area contributed by atoms with E-state index in [0.29, 0.717) is 11.8 Å². The molecular weight excluding hydrogens is 180 g/mol. The molecule has 1 aliphatic rings. The van der Waals surface area contributed by atoms with E-state index in [0.717, 1.165) is 6.42 Å². The zero-order chi connectivity index (χ0) is 10.9. The van der Waals surface area contributed by atoms with Crippen LogP contribution >= 0.6 is 0 Å². The van der Waals surface area contributed by atoms with Crippen LogP contribution in [-0.2, 0) is 9.53 Å². The molecule has 1 saturated carbocycles. The standard InChI is InChI=1S/C11H20O3/c1-6(2)9(11(13)14-4)10(12)8-5-7(8)3/h6-10,12H,5H2,1-4H3/t7-,8-,9-,10+/m0/s1. The van der Waals surface area contributed by atoms with Gasteiger partial charge >= 0.3 is 5.97 Å². The summed E-state index contributed by atoms with van der Waals surface area (Å²) >= 11 is 0. The lowest BCUT2D eigenvalue weighted by Gasteiger charge is -2.23. The zero-order valence-corrected chi connectivity index (χ0v) is 9.36. The van der Waals surface area contributed by atoms with Crippen molar-refractivity contribution >= 4 is 5.97 Å². The van der Waals surface area contributed by atoms with Crippen molar-refractivity contribution < 1.29 is 14.6 Å². The molecule has 3 heteroatoms. The predicted molar refractivity (Wildman–Crippen MR) is 53.6 cm³/mol. The highest BCUT2D eigenvalue weighted by Crippen LogP contribution is 2.44. The van der Waals surface area contributed by atoms with Gasteiger partial charge < -0.3 is 9.84 Å². The van der Waals surface area contributed by atoms with Crippen LogP contribution in [0, 0.1) is 23.7 Å². The second-order valence-electron chi connectivity index (χ2n) is 4.66. The van der Waals surface area contributed by atoms with Crippen molar-refractivity contribution in [2.45, 2.75) is 33.3 Å². The fraction of sp³-hybridized carbons (Fsp3) is 0.909. The number of carbonyl (C=O) groups excluding carboxylic acids is 1. The minimum Gasteiger partial charge on any atom is -0.469 e. The van der Waals surface area contributed by atoms with Gasteiger partial charge in [-0.25, -0.2) is 0 Å². The largest absolute Gasteiger partial charge is 0.469 e. The first-order valence-electron chi connectivity index (χ1n) is 5.25. The molecule has 82 valence electrons. The van der Waals surface area contributed by atoms with E-state index in [4.69, 9.17) is 4.74 Å². The van der Waals surface area contributed by atoms with E-state index in [-0.39, 0.29) is 17.8 Å². The molecule has 1 aliphatic carbocycles. The van der Waals surface area contributed by atoms with Crippen molar-refractivity contribution in [3.8, 4) is 0 Å². The third-order valence-corrected chi connectivity index (χ3v) is 3.17. The topological polar surface area (TPSA) is 46.5 Å². The van der Waals surface area contributed by atoms with E-state index in [9.17, 15) is 9.90 Å². The smallest absolute Gasteiger partial charge is 0.311 e. The molecule has 0 bridgehead atoms. The molecule has 0 saturated heterocycles. The summed E-state index contributed by atoms with van der Waals surface area (Å²) in [5.74, 6) is 0.323. The van der Waals surface area contributed by atoms with Crippen molar-refractivity contribution in [2.24, 2.45) is 23.7 Å². The molecule has 0 aliphatic heterocycles. The number of methoxy groups -OCH3 is 1. The van der Waals surface area contributed by atoms with Crippen LogP contribution in [0.25, 0.3) is 0 Å². The number of rotatable bonds is 4. The summed E-state index contributed by atoms with van der Waals surface area (Å²) in [6.07, 6.45) is 0.499. The molecule has 0 aromatic carbocycles. The van der Waals surface area contributed by atoms with Gasteiger partial charge in [-0.1, -0.05) is 20.8 Å². The summed E-state index contributed by atoms with van der Waals surface area (Å²) < 4.78 is 4.71. The Kier molecular flexibility index (Phi) is 3.53. The highest BCUT2D eigenvalue weighted by atomic mass is 16.5. The van der Waals surface area contributed by atoms with Gasteiger partial charge in [0.05, 0.1) is 19.1 Å². The Balaban J connectivity index is 2.62. The van der Waals surface area contributed by atoms with Crippen LogP contribution in [0.2, 0.25) is 0 Å². The summed E-state index contributed by atoms with van der Waals surface area (Å²) in [6, 6.07) is 0. The van der Waals surface area contributed by atoms with E-state index >= 15 is 0 Å². The maximum Gasteiger partial charge on any atom is 0.311 e. The van der Waals surface area contributed by atoms with Gasteiger partial charge in [0.25, 0.3) is 0 Å². The summed E-state index contributed by atoms with van der Waals surface area (Å²) in [4.78, 5) is 11.5. The normalized spacial score (nSPS) is 29.9. The van der Waals surface area contributed by atoms with Crippen molar-refractivity contribution in [1.29, 1.82) is 0 Å². The van der Waals surface area contributed by atoms with Crippen LogP contribution in [0.3, 0.4) is 0 Å². The van der Waals surface area contributed by atoms with E-state index in [2.05, 4.69) is 6.92 Å². The lowest BCUT2D eigenvalue weighted by Crippen LogP contribution is -2.35. The lowest BCUT2D eigenvalue weighted by atomic mass is 9.87. The van der Waals surface area contributed by atoms with Gasteiger partial charge in [-0.15, -0.1) is 0 Å². The highest BCUT2D eigenvalue weighted by molar-refractivity contribution is 5.73. The Bertz CT molecular complexity index is 213. The van der Waals surface area contributed by atoms with Gasteiger partial charge in [0, 0.05) is 0 Å². The van der Waals surface area contributed by atoms with Crippen molar-refractivity contribution in [1.82, 2.24) is 0 Å². The van der Waals surface area contributed by atoms with Crippen LogP contribution < -0.4 is 0 Å². The molecule has 0 amide bonds. The maximum atomic E-state index is 11.5. The van der Waals surface area contributed by atoms with E-state index in [1.807, 2.05) is 13.8 Å². The predicted octanol–water partition coefficient (Wildman–Crippen LogP) is 1.45. The quantitative estimate of drug-likeness (QED) is 0.699. The summed E-state index contributed by atoms with van der Waals surface area (Å²) in [6.45, 7) is 5.98. The van der Waals surface area contributed by atoms with Gasteiger partial charge in [0.1, 0.15) is 0 Å². The fourth-order valence-electron chi connectivity index (χ4n) is 2.04. The Morgan fingerprint density at radius 2 is 2.00 bits per heavy atom. The number of hydrogen-bond acceptors (Lipinski definition) is 3. The Hall–Kier alpha value is -0.570. The zero-order valence-electron chi connectivity index (χ0n) is 9.36. The summed E-state index contributed by atoms with van der Waals surface area (Å²) in [7, 11) is 1.38. The van der Waals surface area contributed by atoms with Gasteiger partial charge in [0.2, 0.25) is 0 Å². The number of aliphatic hydroxyl groups is 1. The molecule has 0 aromatic heterocycles. The summed E-state index contributed by atoms with van der Waals surface area (Å²) in [5.41, 5.74) is 0. The van der Waals surface area contributed by atoms with Crippen LogP contribution in [0.4, 0.5) is 0 Å². The highest BCUT2D eigenvalue weighted by Gasteiger charge is 2.45. The second kappa shape index (κ2) is 4.30. The number of ether oxygens (including phenoxy) is 1. The molecule has 0 spiro atoms. The Labute approximate surface area is 85.5 Å². The average molecular weight is 200 g/mol. The number of carbonyl (C=O) groups is 1. The number of aliphatic hydroxyl groups excluding tert-OH is 1. The van der Waals surface area contributed by atoms with E-state index in [1.165, 1.54) is 7.11 Å². The maximum absolute atomic E-state index is 11.5. The Morgan fingerprint density at radius 3 is 2.29 bits per heavy atom. The number of hydrogen-bond donors (Lipinski definition) is 1. The molecule has 1 N–H and O–H groups in total. The van der Waals surface area contributed by atoms with Crippen LogP contribution in [0.15, 0.2) is 0 Å². The van der Waals surface area contributed by atoms with Crippen LogP contribution in [0.1, 0.15) is 27.2 Å². The first-order valence-corrected chi connectivity index (χ1v) is 5.25. The average Bonchev–Trinajstić information content (AvgIpc) is 2.81. The molecule has 14 heavy (non-hydrogen) atoms. The Morgan fingerprint density at radius 1 is 1.50 bits per heavy atom. The minimum atomic E-state index is -0.530. The van der Waals surface area contributed by atoms with Crippen LogP contribution in [-0.4, -0.2) is 24.3 Å². The first-order chi connectivity index (χ1) is 6.49. The lowest BCUT2D eigenvalue weighted by molar-refractivity contribution is -0.152. The molecule has 0 heterocycles. The SMILES string of the molecule is COC(=O)[C@@H](C(C)C)[C@H](O)[C@H]1C[C@@H]1C. The molecular formula is C11H20O3. The third kappa shape index (κ3) is 2.27. The van der Waals surface area contributed by atoms with Gasteiger partial charge in [-0.2, -0.15) is 0 Å². The molecule has 1 fully saturated rings. The molecule has 4 atom stereocenters. The minimum absolute atomic E-state index is 0.130. The number of esters is 1. The van der Waals surface area contributed by atoms with Gasteiger partial charge in [-0.05, 0) is 24.2 Å². The van der Waals surface area contributed by atoms with Gasteiger partial charge in [0.15, 0.2) is 0 Å². The molecule has 3 nitrogen and oxygen atoms in total. The van der Waals surface area contributed by atoms with Gasteiger partial charge in [-0.3, -0.25) is 4.79 Å². The van der Waals surface area contributed by atoms with E-state index in [1.54, 1.807) is 0 Å². The molecule has 0 radical (unpaired) electrons. The molecule has 0 aromatic rings. The fourth-order valence-corrected chi connectivity index (χ4v) is 2.04. The van der Waals surface area contributed by atoms with Crippen LogP contribution in [0.5, 0.6) is 0 Å². The summed E-state index contributed by atoms with van der Waals surface area (Å²) in [5, 5.41) is 9.99. The third-order valence-electron chi connectivity index (χ3n) is 3.17. The van der Waals surface area contributed by atoms with Crippen molar-refractivity contribution in [2.75, 3.05) is 7.11 Å². The van der Waals surface area contributed by atoms with Crippen molar-refractivity contribution in [3.63, 3.8) is 0 Å². The molecule has 0 unspecified atom stereocenters. The molecule has 1 rings (SSSR count). The van der Waals surface area contributed by atoms with E-state index < -0.39 is 6.10 Å². The second-order valence-corrected chi connectivity index (χ2v) is 4.66. The monoisotopic (exact) mass is 200 g/mol. The van der Waals surface area contributed by atoms with Crippen molar-refractivity contribution in [3.05, 3.63) is 0 Å². The first kappa shape index (κ1) is 11.5.